The summed E-state index contributed by atoms with van der Waals surface area (Å²) in [6.45, 7) is 4.61. The molecule has 28 heavy (non-hydrogen) atoms. The van der Waals surface area contributed by atoms with Crippen LogP contribution in [0.1, 0.15) is 32.8 Å². The first-order valence-electron chi connectivity index (χ1n) is 8.89. The first-order valence-corrected chi connectivity index (χ1v) is 9.68. The van der Waals surface area contributed by atoms with Crippen molar-refractivity contribution in [3.8, 4) is 0 Å². The molecule has 3 aromatic rings. The molecule has 6 heteroatoms. The number of hydrogen-bond acceptors (Lipinski definition) is 3. The smallest absolute Gasteiger partial charge is 0.291 e. The zero-order valence-corrected chi connectivity index (χ0v) is 17.3. The van der Waals surface area contributed by atoms with Crippen LogP contribution < -0.4 is 10.6 Å². The van der Waals surface area contributed by atoms with Crippen molar-refractivity contribution in [2.45, 2.75) is 26.8 Å². The van der Waals surface area contributed by atoms with Crippen molar-refractivity contribution in [3.63, 3.8) is 0 Å². The van der Waals surface area contributed by atoms with E-state index < -0.39 is 0 Å². The summed E-state index contributed by atoms with van der Waals surface area (Å²) in [6.07, 6.45) is 0.282. The van der Waals surface area contributed by atoms with Gasteiger partial charge in [-0.2, -0.15) is 0 Å². The third-order valence-electron chi connectivity index (χ3n) is 4.35. The van der Waals surface area contributed by atoms with Crippen molar-refractivity contribution in [1.82, 2.24) is 5.32 Å². The largest absolute Gasteiger partial charge is 0.444 e. The van der Waals surface area contributed by atoms with E-state index in [1.807, 2.05) is 31.2 Å². The van der Waals surface area contributed by atoms with Gasteiger partial charge in [0, 0.05) is 12.2 Å². The lowest BCUT2D eigenvalue weighted by Gasteiger charge is -2.09. The summed E-state index contributed by atoms with van der Waals surface area (Å²) in [5.41, 5.74) is 5.00. The summed E-state index contributed by atoms with van der Waals surface area (Å²) in [6, 6.07) is 16.6. The fraction of sp³-hybridized carbons (Fsp3) is 0.182. The summed E-state index contributed by atoms with van der Waals surface area (Å²) in [7, 11) is 0. The Balaban J connectivity index is 1.52. The lowest BCUT2D eigenvalue weighted by Crippen LogP contribution is -2.24. The van der Waals surface area contributed by atoms with Gasteiger partial charge in [0.05, 0.1) is 6.42 Å². The molecule has 2 aromatic carbocycles. The number of nitrogens with one attached hydrogen (secondary N) is 2. The Morgan fingerprint density at radius 2 is 1.75 bits per heavy atom. The Bertz CT molecular complexity index is 993. The summed E-state index contributed by atoms with van der Waals surface area (Å²) in [4.78, 5) is 24.3. The Morgan fingerprint density at radius 3 is 2.39 bits per heavy atom. The van der Waals surface area contributed by atoms with E-state index >= 15 is 0 Å². The van der Waals surface area contributed by atoms with Gasteiger partial charge in [-0.05, 0) is 70.7 Å². The minimum absolute atomic E-state index is 0.0443. The zero-order valence-electron chi connectivity index (χ0n) is 15.7. The second-order valence-electron chi connectivity index (χ2n) is 6.64. The number of rotatable bonds is 6. The van der Waals surface area contributed by atoms with Gasteiger partial charge < -0.3 is 15.1 Å². The predicted molar refractivity (Wildman–Crippen MR) is 112 cm³/mol. The standard InChI is InChI=1S/C22H21BrN2O3/c1-14-3-6-17(15(2)11-14)13-24-21(26)12-16-4-7-18(8-5-16)25-22(27)19-9-10-20(23)28-19/h3-11H,12-13H2,1-2H3,(H,24,26)(H,25,27). The molecule has 1 heterocycles. The van der Waals surface area contributed by atoms with E-state index in [9.17, 15) is 9.59 Å². The Morgan fingerprint density at radius 1 is 1.00 bits per heavy atom. The van der Waals surface area contributed by atoms with Gasteiger partial charge in [-0.15, -0.1) is 0 Å². The monoisotopic (exact) mass is 440 g/mol. The van der Waals surface area contributed by atoms with E-state index in [4.69, 9.17) is 4.42 Å². The van der Waals surface area contributed by atoms with Gasteiger partial charge in [0.1, 0.15) is 0 Å². The second kappa shape index (κ2) is 8.89. The Labute approximate surface area is 172 Å². The molecular formula is C22H21BrN2O3. The third kappa shape index (κ3) is 5.33. The van der Waals surface area contributed by atoms with E-state index in [-0.39, 0.29) is 24.0 Å². The summed E-state index contributed by atoms with van der Waals surface area (Å²) in [5.74, 6) is -0.149. The predicted octanol–water partition coefficient (Wildman–Crippen LogP) is 4.77. The molecule has 5 nitrogen and oxygen atoms in total. The minimum Gasteiger partial charge on any atom is -0.444 e. The van der Waals surface area contributed by atoms with Crippen molar-refractivity contribution in [2.75, 3.05) is 5.32 Å². The van der Waals surface area contributed by atoms with Crippen molar-refractivity contribution in [3.05, 3.63) is 87.3 Å². The molecule has 0 radical (unpaired) electrons. The first-order chi connectivity index (χ1) is 13.4. The fourth-order valence-electron chi connectivity index (χ4n) is 2.82. The molecule has 3 rings (SSSR count). The maximum Gasteiger partial charge on any atom is 0.291 e. The average molecular weight is 441 g/mol. The molecule has 0 saturated carbocycles. The summed E-state index contributed by atoms with van der Waals surface area (Å²) in [5, 5.41) is 5.71. The van der Waals surface area contributed by atoms with Gasteiger partial charge in [0.15, 0.2) is 10.4 Å². The van der Waals surface area contributed by atoms with Crippen LogP contribution in [-0.4, -0.2) is 11.8 Å². The molecule has 2 N–H and O–H groups in total. The van der Waals surface area contributed by atoms with Crippen LogP contribution in [0.5, 0.6) is 0 Å². The van der Waals surface area contributed by atoms with Crippen LogP contribution in [0, 0.1) is 13.8 Å². The molecule has 0 unspecified atom stereocenters. The van der Waals surface area contributed by atoms with Crippen LogP contribution in [0.3, 0.4) is 0 Å². The highest BCUT2D eigenvalue weighted by molar-refractivity contribution is 9.10. The Hall–Kier alpha value is -2.86. The van der Waals surface area contributed by atoms with Crippen molar-refractivity contribution >= 4 is 33.4 Å². The van der Waals surface area contributed by atoms with Gasteiger partial charge in [0.2, 0.25) is 5.91 Å². The second-order valence-corrected chi connectivity index (χ2v) is 7.42. The molecule has 0 aliphatic heterocycles. The molecule has 0 fully saturated rings. The van der Waals surface area contributed by atoms with Crippen LogP contribution >= 0.6 is 15.9 Å². The Kier molecular flexibility index (Phi) is 6.31. The molecule has 0 spiro atoms. The number of anilines is 1. The number of carbonyl (C=O) groups is 2. The molecule has 0 aliphatic rings. The first kappa shape index (κ1) is 19.9. The topological polar surface area (TPSA) is 71.3 Å². The van der Waals surface area contributed by atoms with Gasteiger partial charge in [-0.3, -0.25) is 9.59 Å². The SMILES string of the molecule is Cc1ccc(CNC(=O)Cc2ccc(NC(=O)c3ccc(Br)o3)cc2)c(C)c1. The van der Waals surface area contributed by atoms with E-state index in [2.05, 4.69) is 39.6 Å². The summed E-state index contributed by atoms with van der Waals surface area (Å²) < 4.78 is 5.72. The van der Waals surface area contributed by atoms with E-state index in [1.165, 1.54) is 11.1 Å². The van der Waals surface area contributed by atoms with Crippen LogP contribution in [0.25, 0.3) is 0 Å². The fourth-order valence-corrected chi connectivity index (χ4v) is 3.13. The van der Waals surface area contributed by atoms with Gasteiger partial charge in [0.25, 0.3) is 5.91 Å². The number of aryl methyl sites for hydroxylation is 2. The molecule has 144 valence electrons. The average Bonchev–Trinajstić information content (AvgIpc) is 3.09. The lowest BCUT2D eigenvalue weighted by molar-refractivity contribution is -0.120. The van der Waals surface area contributed by atoms with Crippen molar-refractivity contribution in [1.29, 1.82) is 0 Å². The minimum atomic E-state index is -0.329. The number of furan rings is 1. The number of benzene rings is 2. The maximum atomic E-state index is 12.2. The summed E-state index contributed by atoms with van der Waals surface area (Å²) >= 11 is 3.17. The number of halogens is 1. The molecule has 2 amide bonds. The van der Waals surface area contributed by atoms with E-state index in [1.54, 1.807) is 24.3 Å². The van der Waals surface area contributed by atoms with Gasteiger partial charge >= 0.3 is 0 Å². The van der Waals surface area contributed by atoms with Gasteiger partial charge in [-0.1, -0.05) is 35.9 Å². The van der Waals surface area contributed by atoms with Crippen LogP contribution in [-0.2, 0) is 17.8 Å². The maximum absolute atomic E-state index is 12.2. The highest BCUT2D eigenvalue weighted by atomic mass is 79.9. The van der Waals surface area contributed by atoms with E-state index in [0.717, 1.165) is 11.1 Å². The van der Waals surface area contributed by atoms with Crippen LogP contribution in [0.2, 0.25) is 0 Å². The molecule has 0 atom stereocenters. The zero-order chi connectivity index (χ0) is 20.1. The molecular weight excluding hydrogens is 420 g/mol. The normalized spacial score (nSPS) is 10.5. The highest BCUT2D eigenvalue weighted by Crippen LogP contribution is 2.17. The lowest BCUT2D eigenvalue weighted by atomic mass is 10.1. The molecule has 0 saturated heterocycles. The number of amides is 2. The van der Waals surface area contributed by atoms with Crippen LogP contribution in [0.15, 0.2) is 63.7 Å². The molecule has 1 aromatic heterocycles. The molecule has 0 aliphatic carbocycles. The number of carbonyl (C=O) groups excluding carboxylic acids is 2. The van der Waals surface area contributed by atoms with Crippen LogP contribution in [0.4, 0.5) is 5.69 Å². The van der Waals surface area contributed by atoms with Crippen molar-refractivity contribution < 1.29 is 14.0 Å². The molecule has 0 bridgehead atoms. The number of hydrogen-bond donors (Lipinski definition) is 2. The highest BCUT2D eigenvalue weighted by Gasteiger charge is 2.11. The quantitative estimate of drug-likeness (QED) is 0.579. The third-order valence-corrected chi connectivity index (χ3v) is 4.77. The van der Waals surface area contributed by atoms with E-state index in [0.29, 0.717) is 16.9 Å². The van der Waals surface area contributed by atoms with Crippen molar-refractivity contribution in [2.24, 2.45) is 0 Å². The van der Waals surface area contributed by atoms with Gasteiger partial charge in [-0.25, -0.2) is 0 Å².